The Hall–Kier alpha value is -1.08. The zero-order valence-corrected chi connectivity index (χ0v) is 17.1. The maximum Gasteiger partial charge on any atom is 0.337 e. The summed E-state index contributed by atoms with van der Waals surface area (Å²) >= 11 is 23.2. The first-order valence-corrected chi connectivity index (χ1v) is 9.99. The number of aliphatic imine (C=N–C) groups is 1. The molecule has 3 amide bonds. The Kier molecular flexibility index (Phi) is 6.21. The van der Waals surface area contributed by atoms with Gasteiger partial charge in [0.25, 0.3) is 5.91 Å². The molecular formula is C17H16Cl4FN3O2. The summed E-state index contributed by atoms with van der Waals surface area (Å²) in [7, 11) is 0. The van der Waals surface area contributed by atoms with Crippen molar-refractivity contribution in [1.29, 1.82) is 0 Å². The number of alkyl halides is 4. The molecule has 3 rings (SSSR count). The molecule has 0 spiro atoms. The van der Waals surface area contributed by atoms with Crippen molar-refractivity contribution < 1.29 is 14.0 Å². The number of hydrogen-bond acceptors (Lipinski definition) is 3. The number of anilines is 1. The number of nitrogens with zero attached hydrogens (tertiary/aromatic N) is 3. The molecule has 5 nitrogen and oxygen atoms in total. The lowest BCUT2D eigenvalue weighted by atomic mass is 9.94. The minimum atomic E-state index is -2.00. The van der Waals surface area contributed by atoms with Crippen molar-refractivity contribution in [3.05, 3.63) is 30.1 Å². The fraction of sp³-hybridized carbons (Fsp3) is 0.471. The van der Waals surface area contributed by atoms with Crippen molar-refractivity contribution in [2.75, 3.05) is 4.90 Å². The van der Waals surface area contributed by atoms with Gasteiger partial charge in [-0.2, -0.15) is 0 Å². The Morgan fingerprint density at radius 3 is 2.33 bits per heavy atom. The number of amides is 3. The van der Waals surface area contributed by atoms with E-state index in [0.717, 1.165) is 29.1 Å². The highest BCUT2D eigenvalue weighted by molar-refractivity contribution is 6.70. The normalized spacial score (nSPS) is 22.0. The Bertz CT molecular complexity index is 778. The molecule has 0 radical (unpaired) electrons. The van der Waals surface area contributed by atoms with Gasteiger partial charge in [-0.1, -0.05) is 77.8 Å². The van der Waals surface area contributed by atoms with Gasteiger partial charge in [0.1, 0.15) is 5.82 Å². The van der Waals surface area contributed by atoms with Crippen LogP contribution in [-0.4, -0.2) is 38.0 Å². The average molecular weight is 455 g/mol. The van der Waals surface area contributed by atoms with E-state index in [1.807, 2.05) is 0 Å². The third-order valence-electron chi connectivity index (χ3n) is 4.56. The van der Waals surface area contributed by atoms with E-state index in [0.29, 0.717) is 12.8 Å². The van der Waals surface area contributed by atoms with Crippen LogP contribution in [0.25, 0.3) is 0 Å². The molecule has 2 fully saturated rings. The average Bonchev–Trinajstić information content (AvgIpc) is 2.86. The van der Waals surface area contributed by atoms with Gasteiger partial charge in [-0.25, -0.2) is 19.1 Å². The van der Waals surface area contributed by atoms with Crippen LogP contribution in [0.5, 0.6) is 0 Å². The van der Waals surface area contributed by atoms with Crippen LogP contribution in [0.4, 0.5) is 14.9 Å². The van der Waals surface area contributed by atoms with Crippen LogP contribution >= 0.6 is 46.4 Å². The number of imide groups is 1. The number of benzene rings is 1. The first kappa shape index (κ1) is 20.6. The molecule has 1 aliphatic carbocycles. The molecule has 1 aromatic carbocycles. The van der Waals surface area contributed by atoms with Crippen LogP contribution < -0.4 is 4.90 Å². The number of amidine groups is 1. The lowest BCUT2D eigenvalue weighted by Crippen LogP contribution is -2.42. The van der Waals surface area contributed by atoms with Crippen molar-refractivity contribution in [3.63, 3.8) is 0 Å². The van der Waals surface area contributed by atoms with Crippen LogP contribution in [0, 0.1) is 5.82 Å². The van der Waals surface area contributed by atoms with Crippen LogP contribution in [0.15, 0.2) is 29.3 Å². The molecule has 1 aliphatic heterocycles. The second-order valence-electron chi connectivity index (χ2n) is 6.37. The molecule has 146 valence electrons. The maximum atomic E-state index is 14.4. The standard InChI is InChI=1S/C17H16Cl4FN3O2/c18-15(17(19,20)21)23-13-14(26)24(10-6-2-1-3-7-10)16(27)25(13)12-9-5-4-8-11(12)22/h4-5,8-10,15H,1-3,6-7H2. The van der Waals surface area contributed by atoms with Crippen LogP contribution in [0.2, 0.25) is 0 Å². The maximum absolute atomic E-state index is 14.4. The Morgan fingerprint density at radius 2 is 1.74 bits per heavy atom. The van der Waals surface area contributed by atoms with Crippen LogP contribution in [0.3, 0.4) is 0 Å². The quantitative estimate of drug-likeness (QED) is 0.355. The fourth-order valence-electron chi connectivity index (χ4n) is 3.29. The Morgan fingerprint density at radius 1 is 1.11 bits per heavy atom. The summed E-state index contributed by atoms with van der Waals surface area (Å²) < 4.78 is 12.4. The zero-order valence-electron chi connectivity index (χ0n) is 14.0. The molecule has 0 aromatic heterocycles. The predicted molar refractivity (Wildman–Crippen MR) is 105 cm³/mol. The van der Waals surface area contributed by atoms with Gasteiger partial charge in [0.15, 0.2) is 5.50 Å². The number of rotatable bonds is 3. The lowest BCUT2D eigenvalue weighted by Gasteiger charge is -2.28. The SMILES string of the molecule is O=C1C(=NC(Cl)C(Cl)(Cl)Cl)N(c2ccccc2F)C(=O)N1C1CCCCC1. The second-order valence-corrected chi connectivity index (χ2v) is 9.15. The van der Waals surface area contributed by atoms with E-state index < -0.39 is 27.0 Å². The lowest BCUT2D eigenvalue weighted by molar-refractivity contribution is -0.122. The number of carbonyl (C=O) groups excluding carboxylic acids is 2. The topological polar surface area (TPSA) is 53.0 Å². The molecule has 1 atom stereocenters. The van der Waals surface area contributed by atoms with Crippen molar-refractivity contribution in [2.24, 2.45) is 4.99 Å². The number of urea groups is 1. The second kappa shape index (κ2) is 8.11. The van der Waals surface area contributed by atoms with E-state index in [-0.39, 0.29) is 17.6 Å². The molecule has 1 aromatic rings. The number of para-hydroxylation sites is 1. The molecule has 0 bridgehead atoms. The van der Waals surface area contributed by atoms with E-state index in [1.165, 1.54) is 18.2 Å². The van der Waals surface area contributed by atoms with Crippen LogP contribution in [-0.2, 0) is 4.79 Å². The van der Waals surface area contributed by atoms with Crippen molar-refractivity contribution in [2.45, 2.75) is 47.4 Å². The van der Waals surface area contributed by atoms with E-state index in [1.54, 1.807) is 6.07 Å². The summed E-state index contributed by atoms with van der Waals surface area (Å²) in [5.74, 6) is -1.71. The summed E-state index contributed by atoms with van der Waals surface area (Å²) in [6, 6.07) is 4.62. The van der Waals surface area contributed by atoms with Gasteiger partial charge in [-0.3, -0.25) is 9.69 Å². The van der Waals surface area contributed by atoms with Crippen molar-refractivity contribution in [1.82, 2.24) is 4.90 Å². The van der Waals surface area contributed by atoms with Crippen LogP contribution in [0.1, 0.15) is 32.1 Å². The Balaban J connectivity index is 2.06. The molecule has 1 saturated carbocycles. The van der Waals surface area contributed by atoms with Gasteiger partial charge in [-0.15, -0.1) is 0 Å². The van der Waals surface area contributed by atoms with Crippen molar-refractivity contribution >= 4 is 69.9 Å². The summed E-state index contributed by atoms with van der Waals surface area (Å²) in [5, 5.41) is 0. The molecule has 2 aliphatic rings. The number of hydrogen-bond donors (Lipinski definition) is 0. The predicted octanol–water partition coefficient (Wildman–Crippen LogP) is 5.26. The molecule has 0 N–H and O–H groups in total. The van der Waals surface area contributed by atoms with Gasteiger partial charge in [-0.05, 0) is 25.0 Å². The monoisotopic (exact) mass is 453 g/mol. The molecule has 1 heterocycles. The summed E-state index contributed by atoms with van der Waals surface area (Å²) in [6.07, 6.45) is 4.22. The van der Waals surface area contributed by atoms with E-state index in [4.69, 9.17) is 46.4 Å². The minimum absolute atomic E-state index is 0.110. The van der Waals surface area contributed by atoms with E-state index in [9.17, 15) is 14.0 Å². The van der Waals surface area contributed by atoms with Crippen molar-refractivity contribution in [3.8, 4) is 0 Å². The summed E-state index contributed by atoms with van der Waals surface area (Å²) in [4.78, 5) is 32.0. The zero-order chi connectivity index (χ0) is 19.8. The number of carbonyl (C=O) groups is 2. The highest BCUT2D eigenvalue weighted by atomic mass is 35.6. The summed E-state index contributed by atoms with van der Waals surface area (Å²) in [5.41, 5.74) is -1.55. The smallest absolute Gasteiger partial charge is 0.265 e. The largest absolute Gasteiger partial charge is 0.337 e. The van der Waals surface area contributed by atoms with Gasteiger partial charge < -0.3 is 0 Å². The Labute approximate surface area is 176 Å². The van der Waals surface area contributed by atoms with Gasteiger partial charge in [0.05, 0.1) is 5.69 Å². The highest BCUT2D eigenvalue weighted by Crippen LogP contribution is 2.37. The third kappa shape index (κ3) is 4.19. The number of halogens is 5. The van der Waals surface area contributed by atoms with Gasteiger partial charge in [0, 0.05) is 6.04 Å². The molecule has 27 heavy (non-hydrogen) atoms. The third-order valence-corrected chi connectivity index (χ3v) is 5.94. The van der Waals surface area contributed by atoms with Gasteiger partial charge in [0.2, 0.25) is 9.63 Å². The molecule has 10 heteroatoms. The summed E-state index contributed by atoms with van der Waals surface area (Å²) in [6.45, 7) is 0. The highest BCUT2D eigenvalue weighted by Gasteiger charge is 2.48. The minimum Gasteiger partial charge on any atom is -0.265 e. The fourth-order valence-corrected chi connectivity index (χ4v) is 3.53. The molecule has 1 unspecified atom stereocenters. The van der Waals surface area contributed by atoms with E-state index in [2.05, 4.69) is 4.99 Å². The first-order chi connectivity index (χ1) is 12.7. The molecular weight excluding hydrogens is 439 g/mol. The van der Waals surface area contributed by atoms with Gasteiger partial charge >= 0.3 is 6.03 Å². The van der Waals surface area contributed by atoms with E-state index >= 15 is 0 Å². The first-order valence-electron chi connectivity index (χ1n) is 8.42. The molecule has 1 saturated heterocycles.